The van der Waals surface area contributed by atoms with Crippen molar-refractivity contribution >= 4 is 0 Å². The zero-order chi connectivity index (χ0) is 20.3. The summed E-state index contributed by atoms with van der Waals surface area (Å²) in [6.45, 7) is 6.48. The Morgan fingerprint density at radius 1 is 1.29 bits per heavy atom. The highest BCUT2D eigenvalue weighted by Crippen LogP contribution is 2.37. The van der Waals surface area contributed by atoms with Crippen LogP contribution in [0.5, 0.6) is 0 Å². The highest BCUT2D eigenvalue weighted by molar-refractivity contribution is 5.74. The van der Waals surface area contributed by atoms with Crippen molar-refractivity contribution in [2.24, 2.45) is 0 Å². The van der Waals surface area contributed by atoms with E-state index in [0.717, 1.165) is 38.6 Å². The number of nitriles is 1. The van der Waals surface area contributed by atoms with Crippen molar-refractivity contribution < 1.29 is 17.9 Å². The zero-order valence-electron chi connectivity index (χ0n) is 16.1. The van der Waals surface area contributed by atoms with Crippen LogP contribution in [-0.4, -0.2) is 35.3 Å². The fraction of sp³-hybridized carbons (Fsp3) is 0.476. The van der Waals surface area contributed by atoms with E-state index in [9.17, 15) is 18.4 Å². The van der Waals surface area contributed by atoms with Gasteiger partial charge in [0, 0.05) is 31.1 Å². The molecule has 28 heavy (non-hydrogen) atoms. The number of nitrogens with zero attached hydrogens (tertiary/aromatic N) is 3. The molecule has 1 aliphatic heterocycles. The van der Waals surface area contributed by atoms with Gasteiger partial charge in [0.25, 0.3) is 0 Å². The normalized spacial score (nSPS) is 17.2. The lowest BCUT2D eigenvalue weighted by Gasteiger charge is -2.24. The molecule has 0 spiro atoms. The minimum absolute atomic E-state index is 0.135. The van der Waals surface area contributed by atoms with Crippen LogP contribution in [0.25, 0.3) is 11.1 Å². The average Bonchev–Trinajstić information content (AvgIpc) is 3.30. The zero-order valence-corrected chi connectivity index (χ0v) is 16.1. The van der Waals surface area contributed by atoms with Gasteiger partial charge in [0.1, 0.15) is 6.07 Å². The van der Waals surface area contributed by atoms with Crippen molar-refractivity contribution in [2.75, 3.05) is 19.7 Å². The van der Waals surface area contributed by atoms with Gasteiger partial charge in [-0.2, -0.15) is 18.4 Å². The quantitative estimate of drug-likeness (QED) is 0.709. The van der Waals surface area contributed by atoms with E-state index < -0.39 is 11.7 Å². The standard InChI is InChI=1S/C21H24F3N3O/c1-3-26(12-17-6-5-9-28-17)14-27-11-16(10-25)19(13-27)18-7-4-8-20(15(18)2)21(22,23)24/h4,7-8,11,13,17H,3,5-6,9,12,14H2,1-2H3. The van der Waals surface area contributed by atoms with Crippen LogP contribution in [0.3, 0.4) is 0 Å². The van der Waals surface area contributed by atoms with Crippen molar-refractivity contribution in [3.8, 4) is 17.2 Å². The van der Waals surface area contributed by atoms with Crippen LogP contribution >= 0.6 is 0 Å². The summed E-state index contributed by atoms with van der Waals surface area (Å²) in [5.41, 5.74) is 0.799. The van der Waals surface area contributed by atoms with Crippen molar-refractivity contribution in [2.45, 2.75) is 45.6 Å². The highest BCUT2D eigenvalue weighted by atomic mass is 19.4. The number of hydrogen-bond donors (Lipinski definition) is 0. The maximum absolute atomic E-state index is 13.3. The molecular weight excluding hydrogens is 367 g/mol. The number of alkyl halides is 3. The van der Waals surface area contributed by atoms with Gasteiger partial charge in [0.2, 0.25) is 0 Å². The number of likely N-dealkylation sites (N-methyl/N-ethyl adjacent to an activating group) is 1. The molecule has 1 aromatic carbocycles. The predicted octanol–water partition coefficient (Wildman–Crippen LogP) is 4.81. The molecule has 0 saturated carbocycles. The third kappa shape index (κ3) is 4.40. The number of rotatable bonds is 6. The Balaban J connectivity index is 1.88. The summed E-state index contributed by atoms with van der Waals surface area (Å²) < 4.78 is 47.3. The molecule has 1 saturated heterocycles. The smallest absolute Gasteiger partial charge is 0.377 e. The fourth-order valence-corrected chi connectivity index (χ4v) is 3.72. The first kappa shape index (κ1) is 20.4. The third-order valence-corrected chi connectivity index (χ3v) is 5.23. The molecule has 0 aliphatic carbocycles. The van der Waals surface area contributed by atoms with E-state index in [4.69, 9.17) is 4.74 Å². The second kappa shape index (κ2) is 8.38. The number of aromatic nitrogens is 1. The lowest BCUT2D eigenvalue weighted by molar-refractivity contribution is -0.138. The van der Waals surface area contributed by atoms with E-state index in [2.05, 4.69) is 17.9 Å². The summed E-state index contributed by atoms with van der Waals surface area (Å²) in [5.74, 6) is 0. The van der Waals surface area contributed by atoms with Gasteiger partial charge in [-0.1, -0.05) is 19.1 Å². The van der Waals surface area contributed by atoms with Gasteiger partial charge in [0.15, 0.2) is 0 Å². The van der Waals surface area contributed by atoms with Crippen molar-refractivity contribution in [3.63, 3.8) is 0 Å². The molecule has 1 atom stereocenters. The molecule has 2 aromatic rings. The SMILES string of the molecule is CCN(CC1CCCO1)Cn1cc(C#N)c(-c2cccc(C(F)(F)F)c2C)c1. The van der Waals surface area contributed by atoms with E-state index in [-0.39, 0.29) is 11.7 Å². The Morgan fingerprint density at radius 2 is 2.07 bits per heavy atom. The van der Waals surface area contributed by atoms with Crippen LogP contribution in [0, 0.1) is 18.3 Å². The summed E-state index contributed by atoms with van der Waals surface area (Å²) >= 11 is 0. The number of ether oxygens (including phenoxy) is 1. The Hall–Kier alpha value is -2.30. The minimum atomic E-state index is -4.42. The number of halogens is 3. The van der Waals surface area contributed by atoms with Crippen molar-refractivity contribution in [3.05, 3.63) is 47.3 Å². The molecular formula is C21H24F3N3O. The maximum Gasteiger partial charge on any atom is 0.416 e. The van der Waals surface area contributed by atoms with Crippen molar-refractivity contribution in [1.82, 2.24) is 9.47 Å². The summed E-state index contributed by atoms with van der Waals surface area (Å²) in [7, 11) is 0. The van der Waals surface area contributed by atoms with Gasteiger partial charge in [-0.3, -0.25) is 4.90 Å². The van der Waals surface area contributed by atoms with Crippen LogP contribution in [-0.2, 0) is 17.6 Å². The molecule has 150 valence electrons. The van der Waals surface area contributed by atoms with Crippen LogP contribution < -0.4 is 0 Å². The van der Waals surface area contributed by atoms with Gasteiger partial charge in [0.05, 0.1) is 23.9 Å². The Kier molecular flexibility index (Phi) is 6.11. The molecule has 4 nitrogen and oxygen atoms in total. The summed E-state index contributed by atoms with van der Waals surface area (Å²) in [5, 5.41) is 9.52. The minimum Gasteiger partial charge on any atom is -0.377 e. The molecule has 3 rings (SSSR count). The van der Waals surface area contributed by atoms with Crippen LogP contribution in [0.2, 0.25) is 0 Å². The second-order valence-corrected chi connectivity index (χ2v) is 7.13. The van der Waals surface area contributed by atoms with E-state index >= 15 is 0 Å². The van der Waals surface area contributed by atoms with Gasteiger partial charge >= 0.3 is 6.18 Å². The molecule has 1 aliphatic rings. The van der Waals surface area contributed by atoms with E-state index in [1.165, 1.54) is 13.0 Å². The summed E-state index contributed by atoms with van der Waals surface area (Å²) in [4.78, 5) is 2.21. The third-order valence-electron chi connectivity index (χ3n) is 5.23. The number of hydrogen-bond acceptors (Lipinski definition) is 3. The Morgan fingerprint density at radius 3 is 2.68 bits per heavy atom. The molecule has 7 heteroatoms. The Bertz CT molecular complexity index is 861. The fourth-order valence-electron chi connectivity index (χ4n) is 3.72. The molecule has 2 heterocycles. The van der Waals surface area contributed by atoms with Gasteiger partial charge in [-0.05, 0) is 43.5 Å². The van der Waals surface area contributed by atoms with Gasteiger partial charge in [-0.15, -0.1) is 0 Å². The van der Waals surface area contributed by atoms with Crippen molar-refractivity contribution in [1.29, 1.82) is 5.26 Å². The first-order chi connectivity index (χ1) is 13.3. The first-order valence-corrected chi connectivity index (χ1v) is 9.44. The average molecular weight is 391 g/mol. The maximum atomic E-state index is 13.3. The van der Waals surface area contributed by atoms with Gasteiger partial charge in [-0.25, -0.2) is 0 Å². The number of benzene rings is 1. The first-order valence-electron chi connectivity index (χ1n) is 9.44. The van der Waals surface area contributed by atoms with E-state index in [0.29, 0.717) is 23.4 Å². The molecule has 1 fully saturated rings. The molecule has 1 unspecified atom stereocenters. The molecule has 0 amide bonds. The second-order valence-electron chi connectivity index (χ2n) is 7.13. The molecule has 0 radical (unpaired) electrons. The van der Waals surface area contributed by atoms with E-state index in [1.54, 1.807) is 18.5 Å². The summed E-state index contributed by atoms with van der Waals surface area (Å²) in [6, 6.07) is 6.21. The lowest BCUT2D eigenvalue weighted by Crippen LogP contribution is -2.33. The monoisotopic (exact) mass is 391 g/mol. The molecule has 0 bridgehead atoms. The van der Waals surface area contributed by atoms with Crippen LogP contribution in [0.1, 0.15) is 36.5 Å². The molecule has 1 aromatic heterocycles. The highest BCUT2D eigenvalue weighted by Gasteiger charge is 2.33. The van der Waals surface area contributed by atoms with Crippen LogP contribution in [0.15, 0.2) is 30.6 Å². The van der Waals surface area contributed by atoms with Gasteiger partial charge < -0.3 is 9.30 Å². The summed E-state index contributed by atoms with van der Waals surface area (Å²) in [6.07, 6.45) is 1.38. The van der Waals surface area contributed by atoms with Crippen LogP contribution in [0.4, 0.5) is 13.2 Å². The largest absolute Gasteiger partial charge is 0.416 e. The van der Waals surface area contributed by atoms with E-state index in [1.807, 2.05) is 4.57 Å². The Labute approximate surface area is 163 Å². The predicted molar refractivity (Wildman–Crippen MR) is 101 cm³/mol. The lowest BCUT2D eigenvalue weighted by atomic mass is 9.96. The molecule has 0 N–H and O–H groups in total. The topological polar surface area (TPSA) is 41.2 Å².